The zero-order chi connectivity index (χ0) is 33.7. The summed E-state index contributed by atoms with van der Waals surface area (Å²) < 4.78 is 6.55. The van der Waals surface area contributed by atoms with E-state index in [1.807, 2.05) is 0 Å². The van der Waals surface area contributed by atoms with Crippen molar-refractivity contribution in [2.24, 2.45) is 0 Å². The predicted molar refractivity (Wildman–Crippen MR) is 212 cm³/mol. The van der Waals surface area contributed by atoms with E-state index in [0.29, 0.717) is 0 Å². The van der Waals surface area contributed by atoms with Crippen LogP contribution in [-0.4, -0.2) is 0 Å². The Morgan fingerprint density at radius 3 is 1.76 bits per heavy atom. The van der Waals surface area contributed by atoms with Crippen LogP contribution in [0.5, 0.6) is 0 Å². The number of hydrogen-bond donors (Lipinski definition) is 0. The molecule has 0 radical (unpaired) electrons. The molecule has 0 saturated heterocycles. The van der Waals surface area contributed by atoms with Crippen LogP contribution in [0.4, 0.5) is 17.1 Å². The molecule has 51 heavy (non-hydrogen) atoms. The highest BCUT2D eigenvalue weighted by Gasteiger charge is 2.31. The summed E-state index contributed by atoms with van der Waals surface area (Å²) in [5.41, 5.74) is 16.3. The van der Waals surface area contributed by atoms with E-state index in [9.17, 15) is 0 Å². The Morgan fingerprint density at radius 1 is 0.392 bits per heavy atom. The van der Waals surface area contributed by atoms with Crippen LogP contribution in [0, 0.1) is 0 Å². The number of fused-ring (bicyclic) bond motifs is 6. The third-order valence-electron chi connectivity index (χ3n) is 10.4. The first kappa shape index (κ1) is 29.3. The van der Waals surface area contributed by atoms with Crippen LogP contribution in [0.1, 0.15) is 22.6 Å². The molecule has 0 amide bonds. The lowest BCUT2D eigenvalue weighted by atomic mass is 9.89. The van der Waals surface area contributed by atoms with Crippen molar-refractivity contribution in [3.63, 3.8) is 0 Å². The summed E-state index contributed by atoms with van der Waals surface area (Å²) in [7, 11) is 0. The number of benzene rings is 8. The summed E-state index contributed by atoms with van der Waals surface area (Å²) in [6.07, 6.45) is 0. The maximum atomic E-state index is 6.55. The first-order valence-corrected chi connectivity index (χ1v) is 17.5. The van der Waals surface area contributed by atoms with Gasteiger partial charge in [0.2, 0.25) is 0 Å². The third kappa shape index (κ3) is 4.95. The van der Waals surface area contributed by atoms with Gasteiger partial charge in [-0.2, -0.15) is 0 Å². The molecule has 2 heteroatoms. The van der Waals surface area contributed by atoms with E-state index in [1.54, 1.807) is 0 Å². The Labute approximate surface area is 297 Å². The summed E-state index contributed by atoms with van der Waals surface area (Å²) in [6.45, 7) is 0. The maximum absolute atomic E-state index is 6.55. The molecule has 1 atom stereocenters. The fourth-order valence-electron chi connectivity index (χ4n) is 8.00. The van der Waals surface area contributed by atoms with Crippen LogP contribution in [0.3, 0.4) is 0 Å². The van der Waals surface area contributed by atoms with E-state index in [0.717, 1.165) is 39.0 Å². The van der Waals surface area contributed by atoms with Crippen LogP contribution < -0.4 is 4.90 Å². The van der Waals surface area contributed by atoms with E-state index >= 15 is 0 Å². The molecule has 0 spiro atoms. The predicted octanol–water partition coefficient (Wildman–Crippen LogP) is 13.6. The Bertz CT molecular complexity index is 2680. The van der Waals surface area contributed by atoms with Gasteiger partial charge in [0.1, 0.15) is 11.2 Å². The number of anilines is 3. The molecule has 0 fully saturated rings. The van der Waals surface area contributed by atoms with Crippen LogP contribution in [0.25, 0.3) is 55.3 Å². The van der Waals surface area contributed by atoms with Crippen LogP contribution in [-0.2, 0) is 0 Å². The Hall–Kier alpha value is -6.64. The molecule has 10 rings (SSSR count). The topological polar surface area (TPSA) is 16.4 Å². The zero-order valence-electron chi connectivity index (χ0n) is 27.9. The largest absolute Gasteiger partial charge is 0.456 e. The molecule has 0 saturated carbocycles. The van der Waals surface area contributed by atoms with Crippen molar-refractivity contribution in [3.8, 4) is 33.4 Å². The fourth-order valence-corrected chi connectivity index (χ4v) is 8.00. The number of nitrogens with zero attached hydrogens (tertiary/aromatic N) is 1. The lowest BCUT2D eigenvalue weighted by molar-refractivity contribution is 0.669. The number of rotatable bonds is 6. The van der Waals surface area contributed by atoms with E-state index in [2.05, 4.69) is 199 Å². The lowest BCUT2D eigenvalue weighted by Crippen LogP contribution is -2.11. The molecule has 1 unspecified atom stereocenters. The Balaban J connectivity index is 1.20. The molecule has 1 heterocycles. The van der Waals surface area contributed by atoms with Gasteiger partial charge in [0.15, 0.2) is 0 Å². The second kappa shape index (κ2) is 12.0. The lowest BCUT2D eigenvalue weighted by Gasteiger charge is -2.27. The minimum absolute atomic E-state index is 0.152. The summed E-state index contributed by atoms with van der Waals surface area (Å²) in [6, 6.07) is 69.9. The highest BCUT2D eigenvalue weighted by molar-refractivity contribution is 6.14. The SMILES string of the molecule is c1ccc(-c2ccc(N(c3ccc4c(c3)C(c3ccccc3)c3ccccc3-4)c3cccc4oc5ccc(-c6ccccc6)cc5c34)cc2)cc1. The van der Waals surface area contributed by atoms with E-state index in [4.69, 9.17) is 4.42 Å². The molecule has 9 aromatic rings. The van der Waals surface area contributed by atoms with Gasteiger partial charge < -0.3 is 9.32 Å². The van der Waals surface area contributed by atoms with Gasteiger partial charge in [0.25, 0.3) is 0 Å². The standard InChI is InChI=1S/C49H33NO/c1-4-13-33(14-5-1)35-23-26-38(27-24-35)50(39-28-29-41-40-19-10-11-20-42(40)48(43(41)32-39)36-17-8-3-9-18-36)45-21-12-22-47-49(45)44-31-37(25-30-46(44)51-47)34-15-6-2-7-16-34/h1-32,48H. The fraction of sp³-hybridized carbons (Fsp3) is 0.0204. The van der Waals surface area contributed by atoms with Crippen LogP contribution >= 0.6 is 0 Å². The van der Waals surface area contributed by atoms with Crippen molar-refractivity contribution in [2.45, 2.75) is 5.92 Å². The highest BCUT2D eigenvalue weighted by Crippen LogP contribution is 2.51. The first-order chi connectivity index (χ1) is 25.3. The van der Waals surface area contributed by atoms with Gasteiger partial charge >= 0.3 is 0 Å². The van der Waals surface area contributed by atoms with Crippen molar-refractivity contribution in [1.82, 2.24) is 0 Å². The average Bonchev–Trinajstić information content (AvgIpc) is 3.75. The zero-order valence-corrected chi connectivity index (χ0v) is 27.9. The smallest absolute Gasteiger partial charge is 0.137 e. The van der Waals surface area contributed by atoms with Crippen molar-refractivity contribution in [2.75, 3.05) is 4.90 Å². The minimum atomic E-state index is 0.152. The van der Waals surface area contributed by atoms with Crippen LogP contribution in [0.2, 0.25) is 0 Å². The van der Waals surface area contributed by atoms with Gasteiger partial charge in [0, 0.05) is 22.7 Å². The van der Waals surface area contributed by atoms with Crippen molar-refractivity contribution in [1.29, 1.82) is 0 Å². The first-order valence-electron chi connectivity index (χ1n) is 17.5. The molecule has 8 aromatic carbocycles. The summed E-state index contributed by atoms with van der Waals surface area (Å²) in [4.78, 5) is 2.41. The Kier molecular flexibility index (Phi) is 6.92. The minimum Gasteiger partial charge on any atom is -0.456 e. The van der Waals surface area contributed by atoms with E-state index in [-0.39, 0.29) is 5.92 Å². The second-order valence-corrected chi connectivity index (χ2v) is 13.3. The van der Waals surface area contributed by atoms with E-state index < -0.39 is 0 Å². The number of furan rings is 1. The maximum Gasteiger partial charge on any atom is 0.137 e. The molecular formula is C49H33NO. The molecule has 2 nitrogen and oxygen atoms in total. The van der Waals surface area contributed by atoms with Crippen molar-refractivity contribution >= 4 is 39.0 Å². The molecule has 0 N–H and O–H groups in total. The average molecular weight is 652 g/mol. The molecule has 240 valence electrons. The highest BCUT2D eigenvalue weighted by atomic mass is 16.3. The summed E-state index contributed by atoms with van der Waals surface area (Å²) in [5, 5.41) is 2.20. The van der Waals surface area contributed by atoms with Crippen molar-refractivity contribution in [3.05, 3.63) is 211 Å². The van der Waals surface area contributed by atoms with Gasteiger partial charge in [-0.3, -0.25) is 0 Å². The van der Waals surface area contributed by atoms with Crippen LogP contribution in [0.15, 0.2) is 199 Å². The molecule has 1 aliphatic rings. The summed E-state index contributed by atoms with van der Waals surface area (Å²) >= 11 is 0. The number of hydrogen-bond acceptors (Lipinski definition) is 2. The quantitative estimate of drug-likeness (QED) is 0.178. The van der Waals surface area contributed by atoms with Gasteiger partial charge in [-0.05, 0) is 98.6 Å². The molecule has 1 aromatic heterocycles. The van der Waals surface area contributed by atoms with Gasteiger partial charge in [-0.15, -0.1) is 0 Å². The third-order valence-corrected chi connectivity index (χ3v) is 10.4. The molecule has 0 bridgehead atoms. The normalized spacial score (nSPS) is 13.3. The van der Waals surface area contributed by atoms with E-state index in [1.165, 1.54) is 50.1 Å². The molecule has 0 aliphatic heterocycles. The van der Waals surface area contributed by atoms with Crippen molar-refractivity contribution < 1.29 is 4.42 Å². The summed E-state index contributed by atoms with van der Waals surface area (Å²) in [5.74, 6) is 0.152. The van der Waals surface area contributed by atoms with Gasteiger partial charge in [-0.1, -0.05) is 146 Å². The van der Waals surface area contributed by atoms with Gasteiger partial charge in [-0.25, -0.2) is 0 Å². The molecule has 1 aliphatic carbocycles. The Morgan fingerprint density at radius 2 is 1.00 bits per heavy atom. The molecular weight excluding hydrogens is 619 g/mol. The van der Waals surface area contributed by atoms with Gasteiger partial charge in [0.05, 0.1) is 11.1 Å². The second-order valence-electron chi connectivity index (χ2n) is 13.3. The monoisotopic (exact) mass is 651 g/mol.